The average molecular weight is 286 g/mol. The van der Waals surface area contributed by atoms with E-state index in [9.17, 15) is 4.79 Å². The van der Waals surface area contributed by atoms with Gasteiger partial charge in [-0.15, -0.1) is 11.3 Å². The molecule has 5 nitrogen and oxygen atoms in total. The second kappa shape index (κ2) is 5.83. The zero-order chi connectivity index (χ0) is 13.8. The molecule has 0 aliphatic heterocycles. The maximum Gasteiger partial charge on any atom is 0.264 e. The lowest BCUT2D eigenvalue weighted by molar-refractivity contribution is 0.645. The first kappa shape index (κ1) is 12.8. The summed E-state index contributed by atoms with van der Waals surface area (Å²) in [5.41, 5.74) is 0.640. The molecule has 0 aliphatic carbocycles. The number of hydrogen-bond acceptors (Lipinski definition) is 4. The van der Waals surface area contributed by atoms with Gasteiger partial charge in [0.05, 0.1) is 11.2 Å². The fourth-order valence-corrected chi connectivity index (χ4v) is 3.01. The zero-order valence-corrected chi connectivity index (χ0v) is 11.6. The van der Waals surface area contributed by atoms with Gasteiger partial charge in [-0.05, 0) is 31.0 Å². The van der Waals surface area contributed by atoms with Gasteiger partial charge in [0.15, 0.2) is 0 Å². The fourth-order valence-electron chi connectivity index (χ4n) is 1.99. The number of aromatic nitrogens is 4. The Hall–Kier alpha value is -2.21. The van der Waals surface area contributed by atoms with Gasteiger partial charge in [-0.25, -0.2) is 10.1 Å². The summed E-state index contributed by atoms with van der Waals surface area (Å²) in [4.78, 5) is 17.4. The van der Waals surface area contributed by atoms with Crippen molar-refractivity contribution in [3.63, 3.8) is 0 Å². The second-order valence-electron chi connectivity index (χ2n) is 4.48. The number of aryl methyl sites for hydroxylation is 2. The minimum absolute atomic E-state index is 0.175. The third-order valence-electron chi connectivity index (χ3n) is 2.99. The van der Waals surface area contributed by atoms with Crippen molar-refractivity contribution in [1.29, 1.82) is 0 Å². The summed E-state index contributed by atoms with van der Waals surface area (Å²) in [5, 5.41) is 6.50. The van der Waals surface area contributed by atoms with Crippen LogP contribution in [0.2, 0.25) is 0 Å². The van der Waals surface area contributed by atoms with E-state index in [1.165, 1.54) is 10.9 Å². The Morgan fingerprint density at radius 2 is 2.20 bits per heavy atom. The maximum absolute atomic E-state index is 11.0. The molecule has 0 saturated heterocycles. The average Bonchev–Trinajstić information content (AvgIpc) is 3.11. The fraction of sp³-hybridized carbons (Fsp3) is 0.214. The first-order valence-corrected chi connectivity index (χ1v) is 7.23. The minimum atomic E-state index is -0.175. The maximum atomic E-state index is 11.0. The predicted molar refractivity (Wildman–Crippen MR) is 78.7 cm³/mol. The molecule has 3 aromatic rings. The summed E-state index contributed by atoms with van der Waals surface area (Å²) in [6, 6.07) is 7.43. The molecule has 0 unspecified atom stereocenters. The van der Waals surface area contributed by atoms with Gasteiger partial charge in [-0.1, -0.05) is 0 Å². The van der Waals surface area contributed by atoms with E-state index in [1.807, 2.05) is 12.5 Å². The Labute approximate surface area is 119 Å². The van der Waals surface area contributed by atoms with E-state index in [4.69, 9.17) is 0 Å². The Morgan fingerprint density at radius 3 is 2.95 bits per heavy atom. The van der Waals surface area contributed by atoms with Crippen molar-refractivity contribution in [1.82, 2.24) is 19.7 Å². The third kappa shape index (κ3) is 3.03. The van der Waals surface area contributed by atoms with Crippen LogP contribution in [0.3, 0.4) is 0 Å². The van der Waals surface area contributed by atoms with Crippen LogP contribution in [-0.4, -0.2) is 19.7 Å². The summed E-state index contributed by atoms with van der Waals surface area (Å²) < 4.78 is 2.08. The van der Waals surface area contributed by atoms with Crippen molar-refractivity contribution in [3.8, 4) is 10.6 Å². The molecule has 0 saturated carbocycles. The van der Waals surface area contributed by atoms with Crippen molar-refractivity contribution in [2.45, 2.75) is 19.4 Å². The van der Waals surface area contributed by atoms with Crippen LogP contribution in [0.25, 0.3) is 10.6 Å². The van der Waals surface area contributed by atoms with Gasteiger partial charge in [0, 0.05) is 29.9 Å². The normalized spacial score (nSPS) is 10.8. The molecule has 0 atom stereocenters. The van der Waals surface area contributed by atoms with Crippen LogP contribution in [0.15, 0.2) is 47.8 Å². The van der Waals surface area contributed by atoms with E-state index < -0.39 is 0 Å². The molecule has 0 bridgehead atoms. The quantitative estimate of drug-likeness (QED) is 0.783. The van der Waals surface area contributed by atoms with E-state index in [0.717, 1.165) is 30.0 Å². The van der Waals surface area contributed by atoms with Crippen molar-refractivity contribution < 1.29 is 0 Å². The minimum Gasteiger partial charge on any atom is -0.337 e. The summed E-state index contributed by atoms with van der Waals surface area (Å²) >= 11 is 1.72. The number of aromatic amines is 1. The van der Waals surface area contributed by atoms with Crippen LogP contribution in [-0.2, 0) is 13.0 Å². The van der Waals surface area contributed by atoms with E-state index in [2.05, 4.69) is 31.9 Å². The van der Waals surface area contributed by atoms with E-state index in [-0.39, 0.29) is 5.56 Å². The highest BCUT2D eigenvalue weighted by atomic mass is 32.1. The first-order chi connectivity index (χ1) is 9.81. The van der Waals surface area contributed by atoms with Gasteiger partial charge in [0.2, 0.25) is 0 Å². The molecule has 102 valence electrons. The zero-order valence-electron chi connectivity index (χ0n) is 10.8. The molecule has 6 heteroatoms. The highest BCUT2D eigenvalue weighted by molar-refractivity contribution is 7.15. The van der Waals surface area contributed by atoms with Crippen molar-refractivity contribution >= 4 is 11.3 Å². The standard InChI is InChI=1S/C14H14N4OS/c19-14-6-4-12(16-17-14)13-5-3-11(20-13)2-1-8-18-9-7-15-10-18/h3-7,9-10H,1-2,8H2,(H,17,19). The van der Waals surface area contributed by atoms with E-state index in [1.54, 1.807) is 23.6 Å². The van der Waals surface area contributed by atoms with Gasteiger partial charge in [-0.3, -0.25) is 4.79 Å². The van der Waals surface area contributed by atoms with Crippen molar-refractivity contribution in [2.24, 2.45) is 0 Å². The van der Waals surface area contributed by atoms with Gasteiger partial charge < -0.3 is 4.57 Å². The molecule has 0 radical (unpaired) electrons. The molecule has 0 fully saturated rings. The monoisotopic (exact) mass is 286 g/mol. The molecule has 3 aromatic heterocycles. The molecule has 3 heterocycles. The van der Waals surface area contributed by atoms with Crippen LogP contribution < -0.4 is 5.56 Å². The highest BCUT2D eigenvalue weighted by Crippen LogP contribution is 2.26. The Kier molecular flexibility index (Phi) is 3.73. The Bertz CT molecular complexity index is 709. The van der Waals surface area contributed by atoms with Crippen LogP contribution in [0, 0.1) is 0 Å². The van der Waals surface area contributed by atoms with Gasteiger partial charge >= 0.3 is 0 Å². The SMILES string of the molecule is O=c1ccc(-c2ccc(CCCn3ccnc3)s2)n[nH]1. The summed E-state index contributed by atoms with van der Waals surface area (Å²) in [7, 11) is 0. The molecule has 0 spiro atoms. The lowest BCUT2D eigenvalue weighted by Crippen LogP contribution is -2.05. The first-order valence-electron chi connectivity index (χ1n) is 6.42. The molecular formula is C14H14N4OS. The lowest BCUT2D eigenvalue weighted by Gasteiger charge is -2.00. The van der Waals surface area contributed by atoms with E-state index in [0.29, 0.717) is 0 Å². The lowest BCUT2D eigenvalue weighted by atomic mass is 10.2. The Balaban J connectivity index is 1.62. The number of nitrogens with zero attached hydrogens (tertiary/aromatic N) is 3. The Morgan fingerprint density at radius 1 is 1.25 bits per heavy atom. The van der Waals surface area contributed by atoms with Gasteiger partial charge in [0.1, 0.15) is 5.69 Å². The van der Waals surface area contributed by atoms with Crippen molar-refractivity contribution in [2.75, 3.05) is 0 Å². The molecule has 1 N–H and O–H groups in total. The summed E-state index contributed by atoms with van der Waals surface area (Å²) in [5.74, 6) is 0. The number of rotatable bonds is 5. The smallest absolute Gasteiger partial charge is 0.264 e. The number of imidazole rings is 1. The van der Waals surface area contributed by atoms with Crippen LogP contribution in [0.4, 0.5) is 0 Å². The number of thiophene rings is 1. The summed E-state index contributed by atoms with van der Waals surface area (Å²) in [6.07, 6.45) is 7.72. The van der Waals surface area contributed by atoms with Crippen molar-refractivity contribution in [3.05, 3.63) is 58.2 Å². The number of H-pyrrole nitrogens is 1. The topological polar surface area (TPSA) is 63.6 Å². The van der Waals surface area contributed by atoms with Gasteiger partial charge in [0.25, 0.3) is 5.56 Å². The van der Waals surface area contributed by atoms with Crippen LogP contribution in [0.5, 0.6) is 0 Å². The third-order valence-corrected chi connectivity index (χ3v) is 4.16. The molecule has 0 aromatic carbocycles. The van der Waals surface area contributed by atoms with E-state index >= 15 is 0 Å². The molecule has 3 rings (SSSR count). The second-order valence-corrected chi connectivity index (χ2v) is 5.64. The largest absolute Gasteiger partial charge is 0.337 e. The predicted octanol–water partition coefficient (Wildman–Crippen LogP) is 2.33. The number of nitrogens with one attached hydrogen (secondary N) is 1. The molecule has 20 heavy (non-hydrogen) atoms. The molecule has 0 aliphatic rings. The summed E-state index contributed by atoms with van der Waals surface area (Å²) in [6.45, 7) is 0.976. The molecular weight excluding hydrogens is 272 g/mol. The number of hydrogen-bond donors (Lipinski definition) is 1. The van der Waals surface area contributed by atoms with Gasteiger partial charge in [-0.2, -0.15) is 5.10 Å². The van der Waals surface area contributed by atoms with Crippen LogP contribution in [0.1, 0.15) is 11.3 Å². The molecule has 0 amide bonds. The highest BCUT2D eigenvalue weighted by Gasteiger charge is 2.04. The van der Waals surface area contributed by atoms with Crippen LogP contribution >= 0.6 is 11.3 Å².